The van der Waals surface area contributed by atoms with Gasteiger partial charge in [0.1, 0.15) is 0 Å². The topological polar surface area (TPSA) is 86.8 Å². The van der Waals surface area contributed by atoms with Crippen molar-refractivity contribution < 1.29 is 9.63 Å². The molecule has 132 valence electrons. The Labute approximate surface area is 154 Å². The van der Waals surface area contributed by atoms with Gasteiger partial charge in [-0.3, -0.25) is 4.99 Å². The van der Waals surface area contributed by atoms with Crippen molar-refractivity contribution in [2.24, 2.45) is 4.99 Å². The molecule has 1 aromatic heterocycles. The first-order valence-electron chi connectivity index (χ1n) is 8.14. The second kappa shape index (κ2) is 10.1. The van der Waals surface area contributed by atoms with E-state index >= 15 is 0 Å². The van der Waals surface area contributed by atoms with Crippen LogP contribution in [-0.4, -0.2) is 58.4 Å². The minimum absolute atomic E-state index is 0. The summed E-state index contributed by atoms with van der Waals surface area (Å²) in [5.41, 5.74) is 0. The molecular formula is C15H28IN5O2. The molecule has 0 amide bonds. The summed E-state index contributed by atoms with van der Waals surface area (Å²) in [7, 11) is 0. The van der Waals surface area contributed by atoms with Crippen LogP contribution < -0.4 is 5.32 Å². The first-order chi connectivity index (χ1) is 10.6. The molecule has 1 saturated heterocycles. The summed E-state index contributed by atoms with van der Waals surface area (Å²) in [6.45, 7) is 9.26. The molecule has 0 radical (unpaired) electrons. The van der Waals surface area contributed by atoms with Gasteiger partial charge in [0.15, 0.2) is 11.8 Å². The van der Waals surface area contributed by atoms with Crippen molar-refractivity contribution in [2.45, 2.75) is 52.1 Å². The van der Waals surface area contributed by atoms with Crippen LogP contribution in [0.3, 0.4) is 0 Å². The normalized spacial score (nSPS) is 16.6. The Morgan fingerprint density at radius 3 is 2.70 bits per heavy atom. The fourth-order valence-electron chi connectivity index (χ4n) is 2.37. The van der Waals surface area contributed by atoms with E-state index in [1.165, 1.54) is 0 Å². The maximum Gasteiger partial charge on any atom is 0.228 e. The van der Waals surface area contributed by atoms with Gasteiger partial charge in [-0.05, 0) is 19.8 Å². The molecule has 0 spiro atoms. The number of nitrogens with zero attached hydrogens (tertiary/aromatic N) is 4. The molecule has 0 bridgehead atoms. The number of nitrogens with one attached hydrogen (secondary N) is 1. The summed E-state index contributed by atoms with van der Waals surface area (Å²) in [6.07, 6.45) is 2.06. The van der Waals surface area contributed by atoms with Crippen LogP contribution in [-0.2, 0) is 6.42 Å². The van der Waals surface area contributed by atoms with Crippen molar-refractivity contribution in [3.05, 3.63) is 11.7 Å². The number of piperidine rings is 1. The Hall–Kier alpha value is -0.900. The molecule has 0 atom stereocenters. The van der Waals surface area contributed by atoms with Crippen LogP contribution in [0.25, 0.3) is 0 Å². The average molecular weight is 437 g/mol. The fraction of sp³-hybridized carbons (Fsp3) is 0.800. The van der Waals surface area contributed by atoms with Crippen molar-refractivity contribution in [3.63, 3.8) is 0 Å². The van der Waals surface area contributed by atoms with Crippen LogP contribution in [0.15, 0.2) is 9.52 Å². The Morgan fingerprint density at radius 2 is 2.13 bits per heavy atom. The van der Waals surface area contributed by atoms with E-state index in [2.05, 4.69) is 32.3 Å². The molecule has 1 aliphatic heterocycles. The number of aliphatic hydroxyl groups is 1. The van der Waals surface area contributed by atoms with Gasteiger partial charge >= 0.3 is 0 Å². The third-order valence-electron chi connectivity index (χ3n) is 3.69. The molecule has 0 aromatic carbocycles. The Bertz CT molecular complexity index is 484. The van der Waals surface area contributed by atoms with Gasteiger partial charge < -0.3 is 19.8 Å². The van der Waals surface area contributed by atoms with Crippen molar-refractivity contribution in [3.8, 4) is 0 Å². The van der Waals surface area contributed by atoms with E-state index in [0.717, 1.165) is 44.3 Å². The maximum atomic E-state index is 9.60. The number of hydrogen-bond donors (Lipinski definition) is 2. The van der Waals surface area contributed by atoms with Gasteiger partial charge in [0.05, 0.1) is 12.6 Å². The standard InChI is InChI=1S/C15H27N5O2.HI/c1-4-16-15(20-9-6-12(21)7-10-20)17-8-5-13-18-14(11(2)3)19-22-13;/h11-12,21H,4-10H2,1-3H3,(H,16,17);1H. The summed E-state index contributed by atoms with van der Waals surface area (Å²) in [5.74, 6) is 2.56. The zero-order chi connectivity index (χ0) is 15.9. The Balaban J connectivity index is 0.00000264. The van der Waals surface area contributed by atoms with Crippen LogP contribution in [0.5, 0.6) is 0 Å². The van der Waals surface area contributed by atoms with Gasteiger partial charge in [0, 0.05) is 32.0 Å². The first-order valence-corrected chi connectivity index (χ1v) is 8.14. The monoisotopic (exact) mass is 437 g/mol. The Morgan fingerprint density at radius 1 is 1.43 bits per heavy atom. The highest BCUT2D eigenvalue weighted by atomic mass is 127. The number of aliphatic imine (C=N–C) groups is 1. The predicted molar refractivity (Wildman–Crippen MR) is 100 cm³/mol. The molecule has 0 aliphatic carbocycles. The summed E-state index contributed by atoms with van der Waals surface area (Å²) in [4.78, 5) is 11.2. The van der Waals surface area contributed by atoms with E-state index in [1.807, 2.05) is 13.8 Å². The van der Waals surface area contributed by atoms with Gasteiger partial charge in [0.25, 0.3) is 0 Å². The molecule has 1 aromatic rings. The number of rotatable bonds is 5. The Kier molecular flexibility index (Phi) is 8.82. The lowest BCUT2D eigenvalue weighted by molar-refractivity contribution is 0.108. The number of halogens is 1. The molecule has 8 heteroatoms. The van der Waals surface area contributed by atoms with Crippen LogP contribution >= 0.6 is 24.0 Å². The van der Waals surface area contributed by atoms with Crippen molar-refractivity contribution in [1.82, 2.24) is 20.4 Å². The van der Waals surface area contributed by atoms with Gasteiger partial charge in [-0.25, -0.2) is 0 Å². The van der Waals surface area contributed by atoms with Crippen molar-refractivity contribution in [1.29, 1.82) is 0 Å². The largest absolute Gasteiger partial charge is 0.393 e. The fourth-order valence-corrected chi connectivity index (χ4v) is 2.37. The van der Waals surface area contributed by atoms with E-state index < -0.39 is 0 Å². The molecule has 2 heterocycles. The van der Waals surface area contributed by atoms with E-state index in [-0.39, 0.29) is 36.0 Å². The summed E-state index contributed by atoms with van der Waals surface area (Å²) in [6, 6.07) is 0. The molecule has 23 heavy (non-hydrogen) atoms. The number of hydrogen-bond acceptors (Lipinski definition) is 5. The van der Waals surface area contributed by atoms with Crippen molar-refractivity contribution >= 4 is 29.9 Å². The average Bonchev–Trinajstić information content (AvgIpc) is 2.96. The van der Waals surface area contributed by atoms with Crippen LogP contribution in [0.4, 0.5) is 0 Å². The number of aliphatic hydroxyl groups excluding tert-OH is 1. The second-order valence-corrected chi connectivity index (χ2v) is 5.90. The van der Waals surface area contributed by atoms with Crippen molar-refractivity contribution in [2.75, 3.05) is 26.2 Å². The molecule has 1 fully saturated rings. The lowest BCUT2D eigenvalue weighted by atomic mass is 10.1. The van der Waals surface area contributed by atoms with Gasteiger partial charge in [-0.2, -0.15) is 4.98 Å². The summed E-state index contributed by atoms with van der Waals surface area (Å²) < 4.78 is 5.23. The number of likely N-dealkylation sites (tertiary alicyclic amines) is 1. The second-order valence-electron chi connectivity index (χ2n) is 5.90. The minimum atomic E-state index is -0.174. The number of aromatic nitrogens is 2. The van der Waals surface area contributed by atoms with Crippen LogP contribution in [0.2, 0.25) is 0 Å². The van der Waals surface area contributed by atoms with E-state index in [1.54, 1.807) is 0 Å². The summed E-state index contributed by atoms with van der Waals surface area (Å²) in [5, 5.41) is 16.9. The highest BCUT2D eigenvalue weighted by Crippen LogP contribution is 2.11. The molecule has 1 aliphatic rings. The van der Waals surface area contributed by atoms with E-state index in [0.29, 0.717) is 18.9 Å². The first kappa shape index (κ1) is 20.1. The lowest BCUT2D eigenvalue weighted by Crippen LogP contribution is -2.46. The highest BCUT2D eigenvalue weighted by molar-refractivity contribution is 14.0. The smallest absolute Gasteiger partial charge is 0.228 e. The minimum Gasteiger partial charge on any atom is -0.393 e. The van der Waals surface area contributed by atoms with Gasteiger partial charge in [-0.1, -0.05) is 19.0 Å². The highest BCUT2D eigenvalue weighted by Gasteiger charge is 2.19. The molecule has 7 nitrogen and oxygen atoms in total. The molecule has 0 saturated carbocycles. The van der Waals surface area contributed by atoms with Crippen LogP contribution in [0.1, 0.15) is 51.2 Å². The summed E-state index contributed by atoms with van der Waals surface area (Å²) >= 11 is 0. The van der Waals surface area contributed by atoms with Crippen LogP contribution in [0, 0.1) is 0 Å². The van der Waals surface area contributed by atoms with E-state index in [4.69, 9.17) is 4.52 Å². The predicted octanol–water partition coefficient (Wildman–Crippen LogP) is 1.78. The third kappa shape index (κ3) is 6.25. The van der Waals surface area contributed by atoms with E-state index in [9.17, 15) is 5.11 Å². The molecule has 2 N–H and O–H groups in total. The zero-order valence-corrected chi connectivity index (χ0v) is 16.5. The maximum absolute atomic E-state index is 9.60. The molecule has 0 unspecified atom stereocenters. The zero-order valence-electron chi connectivity index (χ0n) is 14.2. The third-order valence-corrected chi connectivity index (χ3v) is 3.69. The number of guanidine groups is 1. The quantitative estimate of drug-likeness (QED) is 0.415. The lowest BCUT2D eigenvalue weighted by Gasteiger charge is -2.32. The molecule has 2 rings (SSSR count). The SMILES string of the molecule is CCNC(=NCCc1nc(C(C)C)no1)N1CCC(O)CC1.I. The van der Waals surface area contributed by atoms with Gasteiger partial charge in [0.2, 0.25) is 5.89 Å². The molecular weight excluding hydrogens is 409 g/mol. The van der Waals surface area contributed by atoms with Gasteiger partial charge in [-0.15, -0.1) is 24.0 Å².